The highest BCUT2D eigenvalue weighted by Crippen LogP contribution is 2.27. The Morgan fingerprint density at radius 3 is 2.41 bits per heavy atom. The molecule has 2 N–H and O–H groups in total. The third-order valence-electron chi connectivity index (χ3n) is 4.12. The molecule has 2 rings (SSSR count). The lowest BCUT2D eigenvalue weighted by Gasteiger charge is -2.10. The number of nitro benzene ring substituents is 1. The van der Waals surface area contributed by atoms with E-state index < -0.39 is 35.9 Å². The van der Waals surface area contributed by atoms with Gasteiger partial charge in [0, 0.05) is 11.6 Å². The molecule has 0 aromatic heterocycles. The Labute approximate surface area is 167 Å². The molecular formula is C20H21N3O6. The molecule has 0 unspecified atom stereocenters. The van der Waals surface area contributed by atoms with Crippen molar-refractivity contribution in [1.29, 1.82) is 0 Å². The van der Waals surface area contributed by atoms with Crippen LogP contribution in [0.4, 0.5) is 11.4 Å². The van der Waals surface area contributed by atoms with Crippen LogP contribution >= 0.6 is 0 Å². The maximum Gasteiger partial charge on any atom is 0.325 e. The van der Waals surface area contributed by atoms with Crippen LogP contribution in [0.3, 0.4) is 0 Å². The van der Waals surface area contributed by atoms with Crippen molar-refractivity contribution in [1.82, 2.24) is 5.32 Å². The molecule has 0 spiro atoms. The maximum absolute atomic E-state index is 12.0. The van der Waals surface area contributed by atoms with E-state index in [1.807, 2.05) is 13.0 Å². The minimum atomic E-state index is -0.810. The Morgan fingerprint density at radius 2 is 1.76 bits per heavy atom. The summed E-state index contributed by atoms with van der Waals surface area (Å²) in [5, 5.41) is 15.9. The molecule has 0 aliphatic rings. The molecule has 9 heteroatoms. The second-order valence-electron chi connectivity index (χ2n) is 6.47. The average Bonchev–Trinajstić information content (AvgIpc) is 2.66. The van der Waals surface area contributed by atoms with Crippen LogP contribution in [-0.2, 0) is 14.3 Å². The van der Waals surface area contributed by atoms with Gasteiger partial charge in [0.25, 0.3) is 17.5 Å². The smallest absolute Gasteiger partial charge is 0.325 e. The normalized spacial score (nSPS) is 10.2. The van der Waals surface area contributed by atoms with Gasteiger partial charge in [-0.3, -0.25) is 24.5 Å². The molecule has 0 bridgehead atoms. The topological polar surface area (TPSA) is 128 Å². The average molecular weight is 399 g/mol. The zero-order valence-corrected chi connectivity index (χ0v) is 16.3. The van der Waals surface area contributed by atoms with Crippen LogP contribution in [0.2, 0.25) is 0 Å². The molecule has 0 atom stereocenters. The van der Waals surface area contributed by atoms with Gasteiger partial charge >= 0.3 is 5.97 Å². The van der Waals surface area contributed by atoms with Gasteiger partial charge in [-0.25, -0.2) is 0 Å². The van der Waals surface area contributed by atoms with Crippen LogP contribution in [0.1, 0.15) is 27.0 Å². The molecule has 2 aromatic rings. The third-order valence-corrected chi connectivity index (χ3v) is 4.12. The molecule has 2 aromatic carbocycles. The zero-order valence-electron chi connectivity index (χ0n) is 16.3. The van der Waals surface area contributed by atoms with E-state index in [-0.39, 0.29) is 11.4 Å². The van der Waals surface area contributed by atoms with Crippen molar-refractivity contribution < 1.29 is 24.0 Å². The molecule has 0 radical (unpaired) electrons. The molecule has 0 aliphatic carbocycles. The SMILES string of the molecule is Cc1cccc(C(=O)NCC(=O)OCC(=O)Nc2cc(C)c(C)cc2[N+](=O)[O-])c1. The summed E-state index contributed by atoms with van der Waals surface area (Å²) in [6, 6.07) is 9.68. The van der Waals surface area contributed by atoms with Gasteiger partial charge in [-0.15, -0.1) is 0 Å². The van der Waals surface area contributed by atoms with Gasteiger partial charge in [-0.05, 0) is 50.1 Å². The van der Waals surface area contributed by atoms with Crippen molar-refractivity contribution in [3.05, 3.63) is 68.8 Å². The predicted octanol–water partition coefficient (Wildman–Crippen LogP) is 2.43. The monoisotopic (exact) mass is 399 g/mol. The van der Waals surface area contributed by atoms with E-state index in [0.717, 1.165) is 11.1 Å². The number of amides is 2. The summed E-state index contributed by atoms with van der Waals surface area (Å²) >= 11 is 0. The van der Waals surface area contributed by atoms with E-state index in [4.69, 9.17) is 4.74 Å². The fourth-order valence-corrected chi connectivity index (χ4v) is 2.48. The summed E-state index contributed by atoms with van der Waals surface area (Å²) < 4.78 is 4.80. The summed E-state index contributed by atoms with van der Waals surface area (Å²) in [5.74, 6) is -1.98. The maximum atomic E-state index is 12.0. The quantitative estimate of drug-likeness (QED) is 0.418. The summed E-state index contributed by atoms with van der Waals surface area (Å²) in [7, 11) is 0. The second kappa shape index (κ2) is 9.45. The van der Waals surface area contributed by atoms with Crippen molar-refractivity contribution >= 4 is 29.2 Å². The lowest BCUT2D eigenvalue weighted by molar-refractivity contribution is -0.384. The first-order valence-electron chi connectivity index (χ1n) is 8.73. The largest absolute Gasteiger partial charge is 0.454 e. The van der Waals surface area contributed by atoms with Gasteiger partial charge in [0.1, 0.15) is 12.2 Å². The Morgan fingerprint density at radius 1 is 1.07 bits per heavy atom. The number of nitro groups is 1. The summed E-state index contributed by atoms with van der Waals surface area (Å²) in [5.41, 5.74) is 2.55. The van der Waals surface area contributed by atoms with Crippen LogP contribution in [0.5, 0.6) is 0 Å². The number of hydrogen-bond donors (Lipinski definition) is 2. The number of nitrogens with zero attached hydrogens (tertiary/aromatic N) is 1. The number of hydrogen-bond acceptors (Lipinski definition) is 6. The number of carbonyl (C=O) groups excluding carboxylic acids is 3. The van der Waals surface area contributed by atoms with Crippen LogP contribution in [0, 0.1) is 30.9 Å². The number of carbonyl (C=O) groups is 3. The minimum absolute atomic E-state index is 0.0203. The van der Waals surface area contributed by atoms with Gasteiger partial charge < -0.3 is 15.4 Å². The summed E-state index contributed by atoms with van der Waals surface area (Å²) in [6.45, 7) is 4.27. The highest BCUT2D eigenvalue weighted by molar-refractivity contribution is 5.97. The van der Waals surface area contributed by atoms with E-state index in [2.05, 4.69) is 10.6 Å². The van der Waals surface area contributed by atoms with E-state index in [1.54, 1.807) is 32.0 Å². The van der Waals surface area contributed by atoms with Crippen molar-refractivity contribution in [2.45, 2.75) is 20.8 Å². The number of benzene rings is 2. The third kappa shape index (κ3) is 6.13. The van der Waals surface area contributed by atoms with Gasteiger partial charge in [0.05, 0.1) is 4.92 Å². The summed E-state index contributed by atoms with van der Waals surface area (Å²) in [4.78, 5) is 46.3. The Balaban J connectivity index is 1.86. The lowest BCUT2D eigenvalue weighted by atomic mass is 10.1. The number of anilines is 1. The fourth-order valence-electron chi connectivity index (χ4n) is 2.48. The van der Waals surface area contributed by atoms with Gasteiger partial charge in [0.2, 0.25) is 0 Å². The Bertz CT molecular complexity index is 971. The molecule has 152 valence electrons. The molecule has 0 saturated heterocycles. The predicted molar refractivity (Wildman–Crippen MR) is 106 cm³/mol. The van der Waals surface area contributed by atoms with Crippen molar-refractivity contribution in [3.63, 3.8) is 0 Å². The van der Waals surface area contributed by atoms with Crippen LogP contribution in [0.15, 0.2) is 36.4 Å². The molecule has 9 nitrogen and oxygen atoms in total. The fraction of sp³-hybridized carbons (Fsp3) is 0.250. The van der Waals surface area contributed by atoms with Crippen LogP contribution in [-0.4, -0.2) is 35.9 Å². The van der Waals surface area contributed by atoms with Crippen molar-refractivity contribution in [2.75, 3.05) is 18.5 Å². The van der Waals surface area contributed by atoms with E-state index in [0.29, 0.717) is 11.1 Å². The van der Waals surface area contributed by atoms with Crippen LogP contribution in [0.25, 0.3) is 0 Å². The van der Waals surface area contributed by atoms with Crippen molar-refractivity contribution in [2.24, 2.45) is 0 Å². The van der Waals surface area contributed by atoms with Gasteiger partial charge in [-0.1, -0.05) is 17.7 Å². The zero-order chi connectivity index (χ0) is 21.6. The molecule has 29 heavy (non-hydrogen) atoms. The number of nitrogens with one attached hydrogen (secondary N) is 2. The second-order valence-corrected chi connectivity index (χ2v) is 6.47. The first-order valence-corrected chi connectivity index (χ1v) is 8.73. The number of ether oxygens (including phenoxy) is 1. The first kappa shape index (κ1) is 21.5. The Hall–Kier alpha value is -3.75. The minimum Gasteiger partial charge on any atom is -0.454 e. The highest BCUT2D eigenvalue weighted by atomic mass is 16.6. The highest BCUT2D eigenvalue weighted by Gasteiger charge is 2.18. The van der Waals surface area contributed by atoms with Gasteiger partial charge in [0.15, 0.2) is 6.61 Å². The molecule has 0 aliphatic heterocycles. The van der Waals surface area contributed by atoms with Crippen LogP contribution < -0.4 is 10.6 Å². The lowest BCUT2D eigenvalue weighted by Crippen LogP contribution is -2.32. The molecule has 0 heterocycles. The number of esters is 1. The number of aryl methyl sites for hydroxylation is 3. The summed E-state index contributed by atoms with van der Waals surface area (Å²) in [6.07, 6.45) is 0. The Kier molecular flexibility index (Phi) is 7.02. The van der Waals surface area contributed by atoms with Crippen molar-refractivity contribution in [3.8, 4) is 0 Å². The van der Waals surface area contributed by atoms with E-state index >= 15 is 0 Å². The standard InChI is InChI=1S/C20H21N3O6/c1-12-5-4-6-15(7-12)20(26)21-10-19(25)29-11-18(24)22-16-8-13(2)14(3)9-17(16)23(27)28/h4-9H,10-11H2,1-3H3,(H,21,26)(H,22,24). The van der Waals surface area contributed by atoms with Gasteiger partial charge in [-0.2, -0.15) is 0 Å². The molecular weight excluding hydrogens is 378 g/mol. The van der Waals surface area contributed by atoms with E-state index in [9.17, 15) is 24.5 Å². The molecule has 0 saturated carbocycles. The molecule has 0 fully saturated rings. The first-order chi connectivity index (χ1) is 13.7. The number of rotatable bonds is 7. The molecule has 2 amide bonds. The van der Waals surface area contributed by atoms with E-state index in [1.165, 1.54) is 12.1 Å².